The zero-order valence-corrected chi connectivity index (χ0v) is 13.5. The monoisotopic (exact) mass is 356 g/mol. The molecule has 4 nitrogen and oxygen atoms in total. The molecule has 0 saturated carbocycles. The van der Waals surface area contributed by atoms with Crippen LogP contribution < -0.4 is 10.2 Å². The fourth-order valence-electron chi connectivity index (χ4n) is 1.49. The SMILES string of the molecule is O=C(COc1ccc(Cl)cc1)N/N=C\c1ccc(Cl)cc1Cl. The molecule has 0 radical (unpaired) electrons. The van der Waals surface area contributed by atoms with Gasteiger partial charge < -0.3 is 4.74 Å². The van der Waals surface area contributed by atoms with Gasteiger partial charge >= 0.3 is 0 Å². The second-order valence-electron chi connectivity index (χ2n) is 4.20. The minimum Gasteiger partial charge on any atom is -0.484 e. The fraction of sp³-hybridized carbons (Fsp3) is 0.0667. The van der Waals surface area contributed by atoms with Crippen LogP contribution in [-0.4, -0.2) is 18.7 Å². The molecular weight excluding hydrogens is 347 g/mol. The topological polar surface area (TPSA) is 50.7 Å². The maximum Gasteiger partial charge on any atom is 0.277 e. The van der Waals surface area contributed by atoms with Crippen LogP contribution in [0.25, 0.3) is 0 Å². The van der Waals surface area contributed by atoms with Gasteiger partial charge in [0.15, 0.2) is 6.61 Å². The van der Waals surface area contributed by atoms with E-state index < -0.39 is 5.91 Å². The largest absolute Gasteiger partial charge is 0.484 e. The number of rotatable bonds is 5. The van der Waals surface area contributed by atoms with Crippen molar-refractivity contribution in [2.45, 2.75) is 0 Å². The first kappa shape index (κ1) is 16.6. The van der Waals surface area contributed by atoms with Crippen LogP contribution in [0.15, 0.2) is 47.6 Å². The van der Waals surface area contributed by atoms with E-state index in [1.165, 1.54) is 6.21 Å². The highest BCUT2D eigenvalue weighted by Gasteiger charge is 2.02. The number of nitrogens with zero attached hydrogens (tertiary/aromatic N) is 1. The molecule has 0 aliphatic carbocycles. The summed E-state index contributed by atoms with van der Waals surface area (Å²) in [6.07, 6.45) is 1.43. The first-order valence-corrected chi connectivity index (χ1v) is 7.33. The average Bonchev–Trinajstić information content (AvgIpc) is 2.49. The number of halogens is 3. The molecule has 22 heavy (non-hydrogen) atoms. The van der Waals surface area contributed by atoms with Crippen LogP contribution in [0.4, 0.5) is 0 Å². The van der Waals surface area contributed by atoms with E-state index in [2.05, 4.69) is 10.5 Å². The predicted octanol–water partition coefficient (Wildman–Crippen LogP) is 4.18. The van der Waals surface area contributed by atoms with Crippen LogP contribution >= 0.6 is 34.8 Å². The Bertz CT molecular complexity index is 688. The number of hydrazone groups is 1. The third kappa shape index (κ3) is 5.22. The first-order valence-electron chi connectivity index (χ1n) is 6.20. The lowest BCUT2D eigenvalue weighted by atomic mass is 10.2. The van der Waals surface area contributed by atoms with Crippen molar-refractivity contribution in [2.75, 3.05) is 6.61 Å². The maximum absolute atomic E-state index is 11.6. The molecule has 0 saturated heterocycles. The summed E-state index contributed by atoms with van der Waals surface area (Å²) in [5, 5.41) is 5.38. The average molecular weight is 358 g/mol. The Balaban J connectivity index is 1.82. The van der Waals surface area contributed by atoms with Gasteiger partial charge in [0.1, 0.15) is 5.75 Å². The van der Waals surface area contributed by atoms with E-state index in [1.54, 1.807) is 42.5 Å². The van der Waals surface area contributed by atoms with E-state index in [1.807, 2.05) is 0 Å². The minimum absolute atomic E-state index is 0.159. The Morgan fingerprint density at radius 1 is 1.09 bits per heavy atom. The highest BCUT2D eigenvalue weighted by Crippen LogP contribution is 2.19. The van der Waals surface area contributed by atoms with Gasteiger partial charge in [0.25, 0.3) is 5.91 Å². The number of carbonyl (C=O) groups excluding carboxylic acids is 1. The smallest absolute Gasteiger partial charge is 0.277 e. The van der Waals surface area contributed by atoms with E-state index in [4.69, 9.17) is 39.5 Å². The molecule has 1 N–H and O–H groups in total. The van der Waals surface area contributed by atoms with Gasteiger partial charge in [-0.3, -0.25) is 4.79 Å². The number of benzene rings is 2. The van der Waals surface area contributed by atoms with Crippen molar-refractivity contribution in [3.8, 4) is 5.75 Å². The summed E-state index contributed by atoms with van der Waals surface area (Å²) in [6.45, 7) is -0.159. The molecule has 2 rings (SSSR count). The Kier molecular flexibility index (Phi) is 6.07. The number of amides is 1. The second kappa shape index (κ2) is 8.03. The lowest BCUT2D eigenvalue weighted by molar-refractivity contribution is -0.123. The highest BCUT2D eigenvalue weighted by molar-refractivity contribution is 6.36. The standard InChI is InChI=1S/C15H11Cl3N2O2/c16-11-3-5-13(6-4-11)22-9-15(21)20-19-8-10-1-2-12(17)7-14(10)18/h1-8H,9H2,(H,20,21)/b19-8-. The third-order valence-electron chi connectivity index (χ3n) is 2.54. The van der Waals surface area contributed by atoms with Crippen LogP contribution in [0.2, 0.25) is 15.1 Å². The van der Waals surface area contributed by atoms with E-state index in [9.17, 15) is 4.79 Å². The Morgan fingerprint density at radius 3 is 2.45 bits per heavy atom. The molecule has 0 spiro atoms. The molecule has 0 bridgehead atoms. The van der Waals surface area contributed by atoms with Crippen molar-refractivity contribution >= 4 is 46.9 Å². The summed E-state index contributed by atoms with van der Waals surface area (Å²) in [4.78, 5) is 11.6. The molecule has 0 heterocycles. The summed E-state index contributed by atoms with van der Waals surface area (Å²) >= 11 is 17.5. The zero-order chi connectivity index (χ0) is 15.9. The van der Waals surface area contributed by atoms with Crippen LogP contribution in [0.5, 0.6) is 5.75 Å². The molecule has 7 heteroatoms. The van der Waals surface area contributed by atoms with Gasteiger partial charge in [0, 0.05) is 15.6 Å². The van der Waals surface area contributed by atoms with Crippen LogP contribution in [-0.2, 0) is 4.79 Å². The van der Waals surface area contributed by atoms with Crippen molar-refractivity contribution in [1.29, 1.82) is 0 Å². The number of hydrogen-bond donors (Lipinski definition) is 1. The van der Waals surface area contributed by atoms with E-state index >= 15 is 0 Å². The molecule has 0 unspecified atom stereocenters. The van der Waals surface area contributed by atoms with Crippen LogP contribution in [0, 0.1) is 0 Å². The molecule has 0 fully saturated rings. The van der Waals surface area contributed by atoms with Crippen molar-refractivity contribution < 1.29 is 9.53 Å². The van der Waals surface area contributed by atoms with Gasteiger partial charge in [0.2, 0.25) is 0 Å². The molecule has 114 valence electrons. The van der Waals surface area contributed by atoms with Crippen molar-refractivity contribution in [3.63, 3.8) is 0 Å². The Morgan fingerprint density at radius 2 is 1.77 bits per heavy atom. The molecule has 0 aromatic heterocycles. The minimum atomic E-state index is -0.392. The Hall–Kier alpha value is -1.75. The van der Waals surface area contributed by atoms with Crippen LogP contribution in [0.3, 0.4) is 0 Å². The molecule has 0 aliphatic rings. The molecular formula is C15H11Cl3N2O2. The molecule has 2 aromatic rings. The van der Waals surface area contributed by atoms with Gasteiger partial charge in [-0.2, -0.15) is 5.10 Å². The van der Waals surface area contributed by atoms with Crippen molar-refractivity contribution in [1.82, 2.24) is 5.43 Å². The van der Waals surface area contributed by atoms with Crippen molar-refractivity contribution in [2.24, 2.45) is 5.10 Å². The second-order valence-corrected chi connectivity index (χ2v) is 5.48. The Labute approximate surface area is 142 Å². The zero-order valence-electron chi connectivity index (χ0n) is 11.2. The lowest BCUT2D eigenvalue weighted by Gasteiger charge is -2.04. The number of carbonyl (C=O) groups is 1. The highest BCUT2D eigenvalue weighted by atomic mass is 35.5. The molecule has 1 amide bonds. The quantitative estimate of drug-likeness (QED) is 0.645. The molecule has 2 aromatic carbocycles. The maximum atomic E-state index is 11.6. The molecule has 0 aliphatic heterocycles. The van der Waals surface area contributed by atoms with Gasteiger partial charge in [-0.25, -0.2) is 5.43 Å². The summed E-state index contributed by atoms with van der Waals surface area (Å²) in [5.74, 6) is 0.153. The van der Waals surface area contributed by atoms with Gasteiger partial charge in [-0.15, -0.1) is 0 Å². The first-order chi connectivity index (χ1) is 10.5. The van der Waals surface area contributed by atoms with Crippen LogP contribution in [0.1, 0.15) is 5.56 Å². The van der Waals surface area contributed by atoms with E-state index in [0.29, 0.717) is 26.4 Å². The van der Waals surface area contributed by atoms with Gasteiger partial charge in [0.05, 0.1) is 11.2 Å². The van der Waals surface area contributed by atoms with E-state index in [-0.39, 0.29) is 6.61 Å². The lowest BCUT2D eigenvalue weighted by Crippen LogP contribution is -2.24. The normalized spacial score (nSPS) is 10.7. The summed E-state index contributed by atoms with van der Waals surface area (Å²) in [7, 11) is 0. The third-order valence-corrected chi connectivity index (χ3v) is 3.35. The van der Waals surface area contributed by atoms with Gasteiger partial charge in [-0.05, 0) is 36.4 Å². The number of ether oxygens (including phenoxy) is 1. The number of nitrogens with one attached hydrogen (secondary N) is 1. The fourth-order valence-corrected chi connectivity index (χ4v) is 2.08. The number of hydrogen-bond acceptors (Lipinski definition) is 3. The predicted molar refractivity (Wildman–Crippen MR) is 89.1 cm³/mol. The van der Waals surface area contributed by atoms with Gasteiger partial charge in [-0.1, -0.05) is 40.9 Å². The summed E-state index contributed by atoms with van der Waals surface area (Å²) in [5.41, 5.74) is 2.99. The van der Waals surface area contributed by atoms with E-state index in [0.717, 1.165) is 0 Å². The summed E-state index contributed by atoms with van der Waals surface area (Å²) in [6, 6.07) is 11.7. The van der Waals surface area contributed by atoms with Crippen molar-refractivity contribution in [3.05, 3.63) is 63.1 Å². The summed E-state index contributed by atoms with van der Waals surface area (Å²) < 4.78 is 5.28. The molecule has 0 atom stereocenters.